The first kappa shape index (κ1) is 24.6. The number of phenols is 1. The van der Waals surface area contributed by atoms with E-state index in [2.05, 4.69) is 11.2 Å². The van der Waals surface area contributed by atoms with Gasteiger partial charge in [0.05, 0.1) is 18.5 Å². The van der Waals surface area contributed by atoms with Crippen LogP contribution in [0.3, 0.4) is 0 Å². The van der Waals surface area contributed by atoms with Gasteiger partial charge in [-0.15, -0.1) is 18.2 Å². The third-order valence-electron chi connectivity index (χ3n) is 6.68. The van der Waals surface area contributed by atoms with Gasteiger partial charge in [0.1, 0.15) is 16.7 Å². The number of aliphatic hydroxyl groups is 1. The molecule has 35 heavy (non-hydrogen) atoms. The molecule has 2 aromatic rings. The van der Waals surface area contributed by atoms with Gasteiger partial charge in [-0.05, 0) is 38.0 Å². The molecule has 4 atom stereocenters. The molecule has 182 valence electrons. The Balaban J connectivity index is 1.57. The van der Waals surface area contributed by atoms with Crippen LogP contribution in [-0.4, -0.2) is 73.2 Å². The minimum absolute atomic E-state index is 0.0257. The summed E-state index contributed by atoms with van der Waals surface area (Å²) in [5, 5.41) is 23.9. The topological polar surface area (TPSA) is 110 Å². The highest BCUT2D eigenvalue weighted by atomic mass is 32.2. The van der Waals surface area contributed by atoms with Gasteiger partial charge in [0.15, 0.2) is 6.10 Å². The van der Waals surface area contributed by atoms with Crippen molar-refractivity contribution in [2.24, 2.45) is 0 Å². The van der Waals surface area contributed by atoms with Crippen LogP contribution in [0.5, 0.6) is 5.75 Å². The van der Waals surface area contributed by atoms with E-state index >= 15 is 0 Å². The summed E-state index contributed by atoms with van der Waals surface area (Å²) in [7, 11) is 0. The van der Waals surface area contributed by atoms with Crippen LogP contribution in [0.15, 0.2) is 48.5 Å². The number of terminal acetylenes is 1. The van der Waals surface area contributed by atoms with Gasteiger partial charge in [0.2, 0.25) is 0 Å². The maximum atomic E-state index is 13.4. The predicted molar refractivity (Wildman–Crippen MR) is 132 cm³/mol. The summed E-state index contributed by atoms with van der Waals surface area (Å²) in [6.45, 7) is 3.62. The molecule has 8 nitrogen and oxygen atoms in total. The lowest BCUT2D eigenvalue weighted by atomic mass is 9.93. The minimum atomic E-state index is -1.59. The highest BCUT2D eigenvalue weighted by Crippen LogP contribution is 2.50. The number of benzene rings is 2. The van der Waals surface area contributed by atoms with Crippen LogP contribution in [0.4, 0.5) is 0 Å². The van der Waals surface area contributed by atoms with Crippen molar-refractivity contribution in [1.29, 1.82) is 0 Å². The second kappa shape index (κ2) is 9.64. The molecule has 0 spiro atoms. The van der Waals surface area contributed by atoms with E-state index in [0.717, 1.165) is 5.56 Å². The van der Waals surface area contributed by atoms with E-state index in [-0.39, 0.29) is 36.1 Å². The number of carbonyl (C=O) groups is 3. The summed E-state index contributed by atoms with van der Waals surface area (Å²) in [6, 6.07) is 12.1. The third-order valence-corrected chi connectivity index (χ3v) is 8.12. The highest BCUT2D eigenvalue weighted by molar-refractivity contribution is 8.01. The Morgan fingerprint density at radius 3 is 2.66 bits per heavy atom. The molecule has 2 aromatic carbocycles. The summed E-state index contributed by atoms with van der Waals surface area (Å²) in [5.41, 5.74) is 1.45. The number of nitrogens with zero attached hydrogens (tertiary/aromatic N) is 2. The zero-order valence-electron chi connectivity index (χ0n) is 19.5. The monoisotopic (exact) mass is 493 g/mol. The van der Waals surface area contributed by atoms with Gasteiger partial charge in [-0.1, -0.05) is 42.3 Å². The van der Waals surface area contributed by atoms with E-state index in [1.165, 1.54) is 22.7 Å². The van der Waals surface area contributed by atoms with Gasteiger partial charge >= 0.3 is 0 Å². The number of hydrogen-bond donors (Lipinski definition) is 3. The van der Waals surface area contributed by atoms with E-state index in [9.17, 15) is 24.6 Å². The lowest BCUT2D eigenvalue weighted by Gasteiger charge is -2.52. The average molecular weight is 494 g/mol. The van der Waals surface area contributed by atoms with Gasteiger partial charge in [-0.3, -0.25) is 14.4 Å². The quantitative estimate of drug-likeness (QED) is 0.398. The first-order valence-corrected chi connectivity index (χ1v) is 12.2. The molecular formula is C26H27N3O5S. The number of thioether (sulfide) groups is 1. The van der Waals surface area contributed by atoms with Gasteiger partial charge in [-0.2, -0.15) is 0 Å². The molecule has 2 fully saturated rings. The normalized spacial score (nSPS) is 22.6. The molecule has 3 amide bonds. The van der Waals surface area contributed by atoms with Crippen molar-refractivity contribution in [3.05, 3.63) is 65.2 Å². The maximum absolute atomic E-state index is 13.4. The number of nitrogens with one attached hydrogen (secondary N) is 1. The summed E-state index contributed by atoms with van der Waals surface area (Å²) in [4.78, 5) is 41.5. The van der Waals surface area contributed by atoms with Gasteiger partial charge in [0.25, 0.3) is 17.7 Å². The van der Waals surface area contributed by atoms with E-state index in [4.69, 9.17) is 6.42 Å². The SMILES string of the molecule is C#CCN1C(=O)[C@H]2N(C(=O)[C@@H](O)[C@H](Cc3ccccc3)NC(=O)c3cccc(O)c3C)CSC21C. The molecule has 0 aliphatic carbocycles. The number of β-lactam (4-membered cyclic amide) rings is 1. The van der Waals surface area contributed by atoms with Crippen LogP contribution in [0.2, 0.25) is 0 Å². The van der Waals surface area contributed by atoms with Crippen molar-refractivity contribution in [2.75, 3.05) is 12.4 Å². The van der Waals surface area contributed by atoms with Gasteiger partial charge in [0, 0.05) is 11.1 Å². The fourth-order valence-electron chi connectivity index (χ4n) is 4.62. The number of likely N-dealkylation sites (tertiary alicyclic amines) is 1. The molecule has 0 radical (unpaired) electrons. The molecule has 0 aromatic heterocycles. The van der Waals surface area contributed by atoms with Gasteiger partial charge < -0.3 is 25.3 Å². The second-order valence-corrected chi connectivity index (χ2v) is 10.2. The Morgan fingerprint density at radius 1 is 1.26 bits per heavy atom. The smallest absolute Gasteiger partial charge is 0.255 e. The van der Waals surface area contributed by atoms with E-state index in [0.29, 0.717) is 5.56 Å². The van der Waals surface area contributed by atoms with Crippen molar-refractivity contribution in [1.82, 2.24) is 15.1 Å². The van der Waals surface area contributed by atoms with Crippen molar-refractivity contribution in [3.8, 4) is 18.1 Å². The lowest BCUT2D eigenvalue weighted by Crippen LogP contribution is -2.74. The zero-order valence-corrected chi connectivity index (χ0v) is 20.3. The Bertz CT molecular complexity index is 1200. The molecule has 2 saturated heterocycles. The number of amides is 3. The molecule has 0 bridgehead atoms. The van der Waals surface area contributed by atoms with Crippen LogP contribution < -0.4 is 5.32 Å². The van der Waals surface area contributed by atoms with Crippen LogP contribution in [-0.2, 0) is 16.0 Å². The second-order valence-electron chi connectivity index (χ2n) is 8.83. The first-order valence-electron chi connectivity index (χ1n) is 11.2. The fourth-order valence-corrected chi connectivity index (χ4v) is 5.99. The fraction of sp³-hybridized carbons (Fsp3) is 0.346. The maximum Gasteiger partial charge on any atom is 0.255 e. The number of fused-ring (bicyclic) bond motifs is 1. The molecular weight excluding hydrogens is 466 g/mol. The average Bonchev–Trinajstić information content (AvgIpc) is 3.17. The van der Waals surface area contributed by atoms with Crippen molar-refractivity contribution in [3.63, 3.8) is 0 Å². The largest absolute Gasteiger partial charge is 0.508 e. The number of hydrogen-bond acceptors (Lipinski definition) is 6. The van der Waals surface area contributed by atoms with Crippen molar-refractivity contribution < 1.29 is 24.6 Å². The molecule has 9 heteroatoms. The number of aromatic hydroxyl groups is 1. The zero-order chi connectivity index (χ0) is 25.3. The summed E-state index contributed by atoms with van der Waals surface area (Å²) in [6.07, 6.45) is 3.99. The van der Waals surface area contributed by atoms with E-state index in [1.807, 2.05) is 37.3 Å². The molecule has 3 N–H and O–H groups in total. The summed E-state index contributed by atoms with van der Waals surface area (Å²) < 4.78 is 0. The Morgan fingerprint density at radius 2 is 1.97 bits per heavy atom. The third kappa shape index (κ3) is 4.35. The van der Waals surface area contributed by atoms with Crippen molar-refractivity contribution in [2.45, 2.75) is 43.3 Å². The first-order chi connectivity index (χ1) is 16.7. The Kier molecular flexibility index (Phi) is 6.79. The summed E-state index contributed by atoms with van der Waals surface area (Å²) >= 11 is 1.42. The predicted octanol–water partition coefficient (Wildman–Crippen LogP) is 1.50. The van der Waals surface area contributed by atoms with Gasteiger partial charge in [-0.25, -0.2) is 0 Å². The summed E-state index contributed by atoms with van der Waals surface area (Å²) in [5.74, 6) is 1.26. The number of phenolic OH excluding ortho intramolecular Hbond substituents is 1. The van der Waals surface area contributed by atoms with Crippen LogP contribution in [0, 0.1) is 19.3 Å². The minimum Gasteiger partial charge on any atom is -0.508 e. The van der Waals surface area contributed by atoms with E-state index < -0.39 is 34.9 Å². The standard InChI is InChI=1S/C26H27N3O5S/c1-4-13-29-25(34)22-26(29,3)35-15-28(22)24(33)21(31)19(14-17-9-6-5-7-10-17)27-23(32)18-11-8-12-20(30)16(18)2/h1,5-12,19,21-22,30-31H,13-15H2,2-3H3,(H,27,32)/t19-,21-,22+,26?/m0/s1. The molecule has 4 rings (SSSR count). The number of aliphatic hydroxyl groups excluding tert-OH is 1. The number of carbonyl (C=O) groups excluding carboxylic acids is 3. The molecule has 2 heterocycles. The van der Waals surface area contributed by atoms with Crippen molar-refractivity contribution >= 4 is 29.5 Å². The highest BCUT2D eigenvalue weighted by Gasteiger charge is 2.65. The Hall–Kier alpha value is -3.48. The molecule has 2 aliphatic rings. The van der Waals surface area contributed by atoms with Crippen LogP contribution >= 0.6 is 11.8 Å². The van der Waals surface area contributed by atoms with Crippen LogP contribution in [0.25, 0.3) is 0 Å². The van der Waals surface area contributed by atoms with Crippen LogP contribution in [0.1, 0.15) is 28.4 Å². The van der Waals surface area contributed by atoms with E-state index in [1.54, 1.807) is 24.0 Å². The lowest BCUT2D eigenvalue weighted by molar-refractivity contribution is -0.166. The molecule has 0 saturated carbocycles. The number of rotatable bonds is 7. The molecule has 1 unspecified atom stereocenters. The Labute approximate surface area is 208 Å². The molecule has 2 aliphatic heterocycles.